The van der Waals surface area contributed by atoms with Crippen molar-refractivity contribution in [2.24, 2.45) is 0 Å². The van der Waals surface area contributed by atoms with Crippen LogP contribution in [0.3, 0.4) is 0 Å². The molecule has 0 saturated carbocycles. The zero-order valence-electron chi connectivity index (χ0n) is 10.5. The van der Waals surface area contributed by atoms with Crippen molar-refractivity contribution in [3.8, 4) is 0 Å². The van der Waals surface area contributed by atoms with Crippen LogP contribution in [0, 0.1) is 0 Å². The van der Waals surface area contributed by atoms with Crippen LogP contribution in [0.1, 0.15) is 46.0 Å². The summed E-state index contributed by atoms with van der Waals surface area (Å²) < 4.78 is 4.94. The predicted octanol–water partition coefficient (Wildman–Crippen LogP) is 2.41. The lowest BCUT2D eigenvalue weighted by Gasteiger charge is -2.14. The number of carbonyl (C=O) groups excluding carboxylic acids is 1. The van der Waals surface area contributed by atoms with Crippen LogP contribution in [0.2, 0.25) is 0 Å². The molecule has 16 heavy (non-hydrogen) atoms. The topological polar surface area (TPSA) is 38.3 Å². The van der Waals surface area contributed by atoms with E-state index in [0.29, 0.717) is 12.4 Å². The van der Waals surface area contributed by atoms with Crippen LogP contribution in [0.15, 0.2) is 0 Å². The Bertz CT molecular complexity index is 176. The first kappa shape index (κ1) is 15.8. The maximum Gasteiger partial charge on any atom is 0.323 e. The molecule has 0 spiro atoms. The summed E-state index contributed by atoms with van der Waals surface area (Å²) in [4.78, 5) is 11.4. The lowest BCUT2D eigenvalue weighted by Crippen LogP contribution is -2.40. The summed E-state index contributed by atoms with van der Waals surface area (Å²) in [5, 5.41) is 3.18. The first-order valence-electron chi connectivity index (χ1n) is 6.27. The highest BCUT2D eigenvalue weighted by atomic mass is 32.1. The van der Waals surface area contributed by atoms with Crippen molar-refractivity contribution in [2.75, 3.05) is 18.9 Å². The quantitative estimate of drug-likeness (QED) is 0.354. The van der Waals surface area contributed by atoms with E-state index in [2.05, 4.69) is 24.9 Å². The molecule has 0 heterocycles. The number of ether oxygens (including phenoxy) is 1. The molecule has 0 radical (unpaired) electrons. The van der Waals surface area contributed by atoms with Gasteiger partial charge in [0.05, 0.1) is 6.61 Å². The molecule has 0 aromatic carbocycles. The Balaban J connectivity index is 3.51. The van der Waals surface area contributed by atoms with Crippen molar-refractivity contribution in [3.63, 3.8) is 0 Å². The van der Waals surface area contributed by atoms with Gasteiger partial charge in [-0.2, -0.15) is 12.6 Å². The van der Waals surface area contributed by atoms with Crippen molar-refractivity contribution < 1.29 is 9.53 Å². The van der Waals surface area contributed by atoms with Gasteiger partial charge in [0.1, 0.15) is 6.04 Å². The van der Waals surface area contributed by atoms with Gasteiger partial charge in [0.25, 0.3) is 0 Å². The van der Waals surface area contributed by atoms with Gasteiger partial charge in [-0.05, 0) is 19.9 Å². The average molecular weight is 247 g/mol. The highest BCUT2D eigenvalue weighted by Crippen LogP contribution is 2.02. The van der Waals surface area contributed by atoms with Gasteiger partial charge in [0, 0.05) is 5.75 Å². The molecule has 3 nitrogen and oxygen atoms in total. The van der Waals surface area contributed by atoms with Crippen LogP contribution in [-0.4, -0.2) is 30.9 Å². The lowest BCUT2D eigenvalue weighted by atomic mass is 10.1. The Morgan fingerprint density at radius 3 is 2.50 bits per heavy atom. The van der Waals surface area contributed by atoms with Crippen molar-refractivity contribution in [1.82, 2.24) is 5.32 Å². The van der Waals surface area contributed by atoms with Crippen molar-refractivity contribution in [3.05, 3.63) is 0 Å². The van der Waals surface area contributed by atoms with Crippen molar-refractivity contribution >= 4 is 18.6 Å². The summed E-state index contributed by atoms with van der Waals surface area (Å²) in [6.07, 6.45) is 6.18. The monoisotopic (exact) mass is 247 g/mol. The predicted molar refractivity (Wildman–Crippen MR) is 71.0 cm³/mol. The fourth-order valence-corrected chi connectivity index (χ4v) is 1.75. The number of thiol groups is 1. The van der Waals surface area contributed by atoms with E-state index in [9.17, 15) is 4.79 Å². The Morgan fingerprint density at radius 2 is 1.94 bits per heavy atom. The van der Waals surface area contributed by atoms with Gasteiger partial charge < -0.3 is 10.1 Å². The van der Waals surface area contributed by atoms with Crippen LogP contribution in [0.4, 0.5) is 0 Å². The molecule has 0 amide bonds. The summed E-state index contributed by atoms with van der Waals surface area (Å²) in [6.45, 7) is 5.32. The Kier molecular flexibility index (Phi) is 11.1. The number of rotatable bonds is 10. The van der Waals surface area contributed by atoms with Crippen LogP contribution in [0.5, 0.6) is 0 Å². The number of hydrogen-bond acceptors (Lipinski definition) is 4. The minimum Gasteiger partial charge on any atom is -0.465 e. The highest BCUT2D eigenvalue weighted by Gasteiger charge is 2.16. The first-order valence-corrected chi connectivity index (χ1v) is 6.90. The number of unbranched alkanes of at least 4 members (excludes halogenated alkanes) is 4. The zero-order valence-corrected chi connectivity index (χ0v) is 11.4. The molecule has 1 N–H and O–H groups in total. The smallest absolute Gasteiger partial charge is 0.323 e. The SMILES string of the molecule is CCCCCCCN[C@@H](CS)C(=O)OCC. The largest absolute Gasteiger partial charge is 0.465 e. The van der Waals surface area contributed by atoms with E-state index in [1.807, 2.05) is 6.92 Å². The van der Waals surface area contributed by atoms with Gasteiger partial charge in [0.15, 0.2) is 0 Å². The molecule has 0 bridgehead atoms. The molecule has 0 fully saturated rings. The maximum atomic E-state index is 11.4. The molecule has 96 valence electrons. The van der Waals surface area contributed by atoms with Crippen LogP contribution in [-0.2, 0) is 9.53 Å². The van der Waals surface area contributed by atoms with E-state index in [-0.39, 0.29) is 12.0 Å². The van der Waals surface area contributed by atoms with E-state index >= 15 is 0 Å². The molecule has 0 aliphatic carbocycles. The van der Waals surface area contributed by atoms with Gasteiger partial charge in [0.2, 0.25) is 0 Å². The second kappa shape index (κ2) is 11.3. The fraction of sp³-hybridized carbons (Fsp3) is 0.917. The summed E-state index contributed by atoms with van der Waals surface area (Å²) in [6, 6.07) is -0.255. The minimum absolute atomic E-state index is 0.189. The molecular formula is C12H25NO2S. The number of esters is 1. The summed E-state index contributed by atoms with van der Waals surface area (Å²) in [5.74, 6) is 0.305. The maximum absolute atomic E-state index is 11.4. The van der Waals surface area contributed by atoms with E-state index in [1.165, 1.54) is 25.7 Å². The zero-order chi connectivity index (χ0) is 12.2. The summed E-state index contributed by atoms with van der Waals surface area (Å²) in [7, 11) is 0. The van der Waals surface area contributed by atoms with E-state index in [0.717, 1.165) is 13.0 Å². The van der Waals surface area contributed by atoms with Crippen molar-refractivity contribution in [1.29, 1.82) is 0 Å². The van der Waals surface area contributed by atoms with Gasteiger partial charge in [-0.15, -0.1) is 0 Å². The average Bonchev–Trinajstić information content (AvgIpc) is 2.28. The standard InChI is InChI=1S/C12H25NO2S/c1-3-5-6-7-8-9-13-11(10-16)12(14)15-4-2/h11,13,16H,3-10H2,1-2H3/t11-/m0/s1. The molecular weight excluding hydrogens is 222 g/mol. The third kappa shape index (κ3) is 7.99. The van der Waals surface area contributed by atoms with E-state index in [1.54, 1.807) is 0 Å². The van der Waals surface area contributed by atoms with E-state index in [4.69, 9.17) is 4.74 Å². The molecule has 4 heteroatoms. The number of nitrogens with one attached hydrogen (secondary N) is 1. The van der Waals surface area contributed by atoms with Gasteiger partial charge >= 0.3 is 5.97 Å². The number of hydrogen-bond donors (Lipinski definition) is 2. The summed E-state index contributed by atoms with van der Waals surface area (Å²) >= 11 is 4.14. The van der Waals surface area contributed by atoms with Gasteiger partial charge in [-0.25, -0.2) is 0 Å². The summed E-state index contributed by atoms with van der Waals surface area (Å²) in [5.41, 5.74) is 0. The Hall–Kier alpha value is -0.220. The second-order valence-electron chi connectivity index (χ2n) is 3.86. The van der Waals surface area contributed by atoms with E-state index < -0.39 is 0 Å². The third-order valence-corrected chi connectivity index (χ3v) is 2.79. The van der Waals surface area contributed by atoms with Gasteiger partial charge in [-0.1, -0.05) is 32.6 Å². The first-order chi connectivity index (χ1) is 7.76. The van der Waals surface area contributed by atoms with Crippen LogP contribution >= 0.6 is 12.6 Å². The third-order valence-electron chi connectivity index (χ3n) is 2.42. The molecule has 0 unspecified atom stereocenters. The minimum atomic E-state index is -0.255. The highest BCUT2D eigenvalue weighted by molar-refractivity contribution is 7.80. The molecule has 0 aromatic rings. The van der Waals surface area contributed by atoms with Crippen LogP contribution in [0.25, 0.3) is 0 Å². The molecule has 0 aliphatic rings. The Morgan fingerprint density at radius 1 is 1.25 bits per heavy atom. The van der Waals surface area contributed by atoms with Crippen molar-refractivity contribution in [2.45, 2.75) is 52.0 Å². The molecule has 0 rings (SSSR count). The molecule has 0 aliphatic heterocycles. The number of carbonyl (C=O) groups is 1. The van der Waals surface area contributed by atoms with Crippen LogP contribution < -0.4 is 5.32 Å². The second-order valence-corrected chi connectivity index (χ2v) is 4.22. The Labute approximate surface area is 105 Å². The molecule has 0 aromatic heterocycles. The normalized spacial score (nSPS) is 12.4. The molecule has 1 atom stereocenters. The van der Waals surface area contributed by atoms with Gasteiger partial charge in [-0.3, -0.25) is 4.79 Å². The lowest BCUT2D eigenvalue weighted by molar-refractivity contribution is -0.144. The fourth-order valence-electron chi connectivity index (χ4n) is 1.47. The molecule has 0 saturated heterocycles.